The molecule has 0 spiro atoms. The standard InChI is InChI=1S/C13H16N2O3/c1-13(16)4-5-15(9-13)8-10-7-12(18-14-10)11-3-2-6-17-11/h2-3,6-7,16H,4-5,8-9H2,1H3. The zero-order valence-electron chi connectivity index (χ0n) is 10.3. The third-order valence-corrected chi connectivity index (χ3v) is 3.24. The normalized spacial score (nSPS) is 24.8. The molecule has 96 valence electrons. The maximum Gasteiger partial charge on any atom is 0.202 e. The fourth-order valence-corrected chi connectivity index (χ4v) is 2.32. The number of aliphatic hydroxyl groups is 1. The van der Waals surface area contributed by atoms with E-state index in [2.05, 4.69) is 10.1 Å². The van der Waals surface area contributed by atoms with Crippen molar-refractivity contribution < 1.29 is 14.0 Å². The van der Waals surface area contributed by atoms with Crippen molar-refractivity contribution in [2.24, 2.45) is 0 Å². The van der Waals surface area contributed by atoms with Crippen LogP contribution in [-0.2, 0) is 6.54 Å². The maximum absolute atomic E-state index is 9.90. The minimum absolute atomic E-state index is 0.576. The summed E-state index contributed by atoms with van der Waals surface area (Å²) in [5.41, 5.74) is 0.284. The average molecular weight is 248 g/mol. The average Bonchev–Trinajstić information content (AvgIpc) is 2.99. The summed E-state index contributed by atoms with van der Waals surface area (Å²) in [6.45, 7) is 4.12. The molecule has 0 aliphatic carbocycles. The minimum Gasteiger partial charge on any atom is -0.461 e. The fourth-order valence-electron chi connectivity index (χ4n) is 2.32. The van der Waals surface area contributed by atoms with Gasteiger partial charge in [-0.1, -0.05) is 5.16 Å². The number of furan rings is 1. The van der Waals surface area contributed by atoms with Crippen LogP contribution in [-0.4, -0.2) is 33.9 Å². The smallest absolute Gasteiger partial charge is 0.202 e. The lowest BCUT2D eigenvalue weighted by Crippen LogP contribution is -2.29. The van der Waals surface area contributed by atoms with Crippen molar-refractivity contribution in [3.8, 4) is 11.5 Å². The number of rotatable bonds is 3. The Labute approximate surface area is 105 Å². The van der Waals surface area contributed by atoms with Crippen molar-refractivity contribution in [1.82, 2.24) is 10.1 Å². The van der Waals surface area contributed by atoms with Gasteiger partial charge in [-0.15, -0.1) is 0 Å². The number of aromatic nitrogens is 1. The molecular formula is C13H16N2O3. The van der Waals surface area contributed by atoms with E-state index >= 15 is 0 Å². The van der Waals surface area contributed by atoms with Gasteiger partial charge in [0.05, 0.1) is 17.6 Å². The lowest BCUT2D eigenvalue weighted by molar-refractivity contribution is 0.0676. The van der Waals surface area contributed by atoms with Crippen LogP contribution in [0.5, 0.6) is 0 Å². The summed E-state index contributed by atoms with van der Waals surface area (Å²) in [6.07, 6.45) is 2.41. The second-order valence-corrected chi connectivity index (χ2v) is 5.12. The molecule has 1 N–H and O–H groups in total. The molecule has 1 saturated heterocycles. The molecule has 3 rings (SSSR count). The number of hydrogen-bond donors (Lipinski definition) is 1. The zero-order chi connectivity index (χ0) is 12.6. The van der Waals surface area contributed by atoms with Gasteiger partial charge in [0, 0.05) is 25.7 Å². The Balaban J connectivity index is 1.68. The molecule has 0 aromatic carbocycles. The van der Waals surface area contributed by atoms with Gasteiger partial charge in [0.25, 0.3) is 0 Å². The Bertz CT molecular complexity index is 516. The van der Waals surface area contributed by atoms with Crippen molar-refractivity contribution >= 4 is 0 Å². The molecule has 2 aromatic rings. The first-order valence-electron chi connectivity index (χ1n) is 6.07. The highest BCUT2D eigenvalue weighted by Crippen LogP contribution is 2.24. The molecule has 0 amide bonds. The second kappa shape index (κ2) is 4.26. The molecule has 1 unspecified atom stereocenters. The van der Waals surface area contributed by atoms with Crippen LogP contribution in [0.3, 0.4) is 0 Å². The fraction of sp³-hybridized carbons (Fsp3) is 0.462. The van der Waals surface area contributed by atoms with Gasteiger partial charge in [-0.05, 0) is 25.5 Å². The number of hydrogen-bond acceptors (Lipinski definition) is 5. The van der Waals surface area contributed by atoms with Crippen LogP contribution in [0, 0.1) is 0 Å². The Hall–Kier alpha value is -1.59. The molecule has 2 aromatic heterocycles. The predicted octanol–water partition coefficient (Wildman–Crippen LogP) is 1.89. The van der Waals surface area contributed by atoms with Crippen LogP contribution < -0.4 is 0 Å². The molecule has 5 heteroatoms. The SMILES string of the molecule is CC1(O)CCN(Cc2cc(-c3ccco3)on2)C1. The van der Waals surface area contributed by atoms with Crippen LogP contribution >= 0.6 is 0 Å². The molecular weight excluding hydrogens is 232 g/mol. The van der Waals surface area contributed by atoms with Crippen LogP contribution in [0.4, 0.5) is 0 Å². The van der Waals surface area contributed by atoms with Crippen LogP contribution in [0.25, 0.3) is 11.5 Å². The van der Waals surface area contributed by atoms with Gasteiger partial charge in [0.1, 0.15) is 0 Å². The highest BCUT2D eigenvalue weighted by atomic mass is 16.5. The van der Waals surface area contributed by atoms with Gasteiger partial charge >= 0.3 is 0 Å². The summed E-state index contributed by atoms with van der Waals surface area (Å²) >= 11 is 0. The Morgan fingerprint density at radius 3 is 3.06 bits per heavy atom. The van der Waals surface area contributed by atoms with E-state index in [1.54, 1.807) is 6.26 Å². The maximum atomic E-state index is 9.90. The molecule has 0 radical (unpaired) electrons. The predicted molar refractivity (Wildman–Crippen MR) is 64.7 cm³/mol. The van der Waals surface area contributed by atoms with E-state index in [-0.39, 0.29) is 0 Å². The molecule has 5 nitrogen and oxygen atoms in total. The molecule has 1 fully saturated rings. The van der Waals surface area contributed by atoms with E-state index in [4.69, 9.17) is 8.94 Å². The third-order valence-electron chi connectivity index (χ3n) is 3.24. The van der Waals surface area contributed by atoms with E-state index in [1.165, 1.54) is 0 Å². The van der Waals surface area contributed by atoms with E-state index in [1.807, 2.05) is 25.1 Å². The Morgan fingerprint density at radius 1 is 1.50 bits per heavy atom. The van der Waals surface area contributed by atoms with Gasteiger partial charge < -0.3 is 14.0 Å². The first-order chi connectivity index (χ1) is 8.62. The zero-order valence-corrected chi connectivity index (χ0v) is 10.3. The summed E-state index contributed by atoms with van der Waals surface area (Å²) < 4.78 is 10.5. The molecule has 1 atom stereocenters. The van der Waals surface area contributed by atoms with Crippen LogP contribution in [0.15, 0.2) is 33.4 Å². The summed E-state index contributed by atoms with van der Waals surface area (Å²) in [5, 5.41) is 13.9. The third kappa shape index (κ3) is 2.32. The van der Waals surface area contributed by atoms with Gasteiger partial charge in [0.15, 0.2) is 5.76 Å². The van der Waals surface area contributed by atoms with Crippen molar-refractivity contribution in [2.75, 3.05) is 13.1 Å². The monoisotopic (exact) mass is 248 g/mol. The number of nitrogens with zero attached hydrogens (tertiary/aromatic N) is 2. The molecule has 1 aliphatic heterocycles. The summed E-state index contributed by atoms with van der Waals surface area (Å²) in [7, 11) is 0. The van der Waals surface area contributed by atoms with Gasteiger partial charge in [-0.2, -0.15) is 0 Å². The van der Waals surface area contributed by atoms with Gasteiger partial charge in [-0.25, -0.2) is 0 Å². The Morgan fingerprint density at radius 2 is 2.39 bits per heavy atom. The van der Waals surface area contributed by atoms with E-state index < -0.39 is 5.60 Å². The number of β-amino-alcohol motifs (C(OH)–C–C–N with tert-alkyl or cyclic N) is 1. The Kier molecular flexibility index (Phi) is 2.72. The van der Waals surface area contributed by atoms with Crippen LogP contribution in [0.2, 0.25) is 0 Å². The quantitative estimate of drug-likeness (QED) is 0.898. The summed E-state index contributed by atoms with van der Waals surface area (Å²) in [5.74, 6) is 1.32. The minimum atomic E-state index is -0.576. The van der Waals surface area contributed by atoms with E-state index in [0.717, 1.165) is 18.7 Å². The second-order valence-electron chi connectivity index (χ2n) is 5.12. The van der Waals surface area contributed by atoms with Gasteiger partial charge in [-0.3, -0.25) is 4.90 Å². The molecule has 0 bridgehead atoms. The van der Waals surface area contributed by atoms with Gasteiger partial charge in [0.2, 0.25) is 5.76 Å². The first kappa shape index (κ1) is 11.5. The molecule has 1 aliphatic rings. The molecule has 18 heavy (non-hydrogen) atoms. The van der Waals surface area contributed by atoms with Crippen molar-refractivity contribution in [3.63, 3.8) is 0 Å². The highest BCUT2D eigenvalue weighted by Gasteiger charge is 2.31. The summed E-state index contributed by atoms with van der Waals surface area (Å²) in [4.78, 5) is 2.17. The highest BCUT2D eigenvalue weighted by molar-refractivity contribution is 5.49. The number of likely N-dealkylation sites (tertiary alicyclic amines) is 1. The van der Waals surface area contributed by atoms with E-state index in [9.17, 15) is 5.11 Å². The molecule has 0 saturated carbocycles. The van der Waals surface area contributed by atoms with E-state index in [0.29, 0.717) is 24.6 Å². The van der Waals surface area contributed by atoms with Crippen molar-refractivity contribution in [1.29, 1.82) is 0 Å². The summed E-state index contributed by atoms with van der Waals surface area (Å²) in [6, 6.07) is 5.53. The van der Waals surface area contributed by atoms with Crippen LogP contribution in [0.1, 0.15) is 19.0 Å². The lowest BCUT2D eigenvalue weighted by atomic mass is 10.1. The molecule has 3 heterocycles. The topological polar surface area (TPSA) is 62.6 Å². The van der Waals surface area contributed by atoms with Crippen molar-refractivity contribution in [2.45, 2.75) is 25.5 Å². The van der Waals surface area contributed by atoms with Crippen molar-refractivity contribution in [3.05, 3.63) is 30.2 Å². The largest absolute Gasteiger partial charge is 0.461 e. The lowest BCUT2D eigenvalue weighted by Gasteiger charge is -2.17. The first-order valence-corrected chi connectivity index (χ1v) is 6.07.